The van der Waals surface area contributed by atoms with Crippen LogP contribution < -0.4 is 21.1 Å². The molecule has 0 saturated carbocycles. The van der Waals surface area contributed by atoms with Crippen molar-refractivity contribution in [2.75, 3.05) is 22.9 Å². The Hall–Kier alpha value is -1.76. The second-order valence-corrected chi connectivity index (χ2v) is 3.86. The number of rotatable bonds is 1. The molecular formula is C9H15N5O2. The summed E-state index contributed by atoms with van der Waals surface area (Å²) in [4.78, 5) is 5.63. The van der Waals surface area contributed by atoms with E-state index in [1.807, 2.05) is 0 Å². The molecule has 1 aliphatic heterocycles. The monoisotopic (exact) mass is 225 g/mol. The summed E-state index contributed by atoms with van der Waals surface area (Å²) in [7, 11) is 0. The third-order valence-corrected chi connectivity index (χ3v) is 2.71. The Morgan fingerprint density at radius 1 is 1.50 bits per heavy atom. The van der Waals surface area contributed by atoms with Crippen molar-refractivity contribution in [1.82, 2.24) is 4.98 Å². The van der Waals surface area contributed by atoms with Gasteiger partial charge in [-0.25, -0.2) is 4.73 Å². The number of nitrogen functional groups attached to an aromatic ring is 2. The van der Waals surface area contributed by atoms with Crippen LogP contribution in [0.15, 0.2) is 6.07 Å². The van der Waals surface area contributed by atoms with E-state index in [0.717, 1.165) is 12.8 Å². The van der Waals surface area contributed by atoms with Crippen molar-refractivity contribution in [3.8, 4) is 0 Å². The van der Waals surface area contributed by atoms with E-state index in [1.165, 1.54) is 6.07 Å². The number of anilines is 3. The molecule has 1 aliphatic rings. The zero-order chi connectivity index (χ0) is 11.7. The van der Waals surface area contributed by atoms with Gasteiger partial charge in [-0.15, -0.1) is 0 Å². The normalized spacial score (nSPS) is 21.1. The van der Waals surface area contributed by atoms with Crippen LogP contribution in [0.2, 0.25) is 0 Å². The Morgan fingerprint density at radius 3 is 2.88 bits per heavy atom. The van der Waals surface area contributed by atoms with Gasteiger partial charge in [0.15, 0.2) is 11.6 Å². The molecule has 7 heteroatoms. The SMILES string of the molecule is Nc1cc(N2CCCCC2O)nc(N)[n+]1[O-]. The fourth-order valence-electron chi connectivity index (χ4n) is 1.85. The van der Waals surface area contributed by atoms with Gasteiger partial charge in [0.2, 0.25) is 0 Å². The minimum Gasteiger partial charge on any atom is -0.754 e. The van der Waals surface area contributed by atoms with Crippen molar-refractivity contribution in [3.63, 3.8) is 0 Å². The number of aliphatic hydroxyl groups excluding tert-OH is 1. The van der Waals surface area contributed by atoms with Crippen LogP contribution in [0.5, 0.6) is 0 Å². The second kappa shape index (κ2) is 4.01. The van der Waals surface area contributed by atoms with Crippen molar-refractivity contribution in [1.29, 1.82) is 0 Å². The smallest absolute Gasteiger partial charge is 0.346 e. The number of aliphatic hydroxyl groups is 1. The summed E-state index contributed by atoms with van der Waals surface area (Å²) < 4.78 is 0.361. The summed E-state index contributed by atoms with van der Waals surface area (Å²) in [6.45, 7) is 0.690. The third-order valence-electron chi connectivity index (χ3n) is 2.71. The summed E-state index contributed by atoms with van der Waals surface area (Å²) in [5, 5.41) is 21.0. The van der Waals surface area contributed by atoms with E-state index in [4.69, 9.17) is 11.5 Å². The molecule has 16 heavy (non-hydrogen) atoms. The Morgan fingerprint density at radius 2 is 2.25 bits per heavy atom. The molecule has 1 unspecified atom stereocenters. The maximum absolute atomic E-state index is 11.2. The maximum atomic E-state index is 11.2. The van der Waals surface area contributed by atoms with Gasteiger partial charge in [-0.3, -0.25) is 0 Å². The summed E-state index contributed by atoms with van der Waals surface area (Å²) in [5.41, 5.74) is 10.9. The molecule has 5 N–H and O–H groups in total. The van der Waals surface area contributed by atoms with Gasteiger partial charge in [-0.2, -0.15) is 0 Å². The van der Waals surface area contributed by atoms with Crippen molar-refractivity contribution in [2.24, 2.45) is 0 Å². The molecule has 0 aromatic carbocycles. The van der Waals surface area contributed by atoms with Gasteiger partial charge in [-0.1, -0.05) is 4.98 Å². The van der Waals surface area contributed by atoms with Crippen molar-refractivity contribution < 1.29 is 9.84 Å². The van der Waals surface area contributed by atoms with Crippen molar-refractivity contribution in [2.45, 2.75) is 25.5 Å². The Kier molecular flexibility index (Phi) is 2.69. The molecule has 0 radical (unpaired) electrons. The lowest BCUT2D eigenvalue weighted by Gasteiger charge is -2.32. The van der Waals surface area contributed by atoms with Crippen molar-refractivity contribution in [3.05, 3.63) is 11.3 Å². The highest BCUT2D eigenvalue weighted by atomic mass is 16.5. The largest absolute Gasteiger partial charge is 0.754 e. The summed E-state index contributed by atoms with van der Waals surface area (Å²) >= 11 is 0. The van der Waals surface area contributed by atoms with Crippen molar-refractivity contribution >= 4 is 17.6 Å². The zero-order valence-corrected chi connectivity index (χ0v) is 8.83. The average Bonchev–Trinajstić information content (AvgIpc) is 2.26. The highest BCUT2D eigenvalue weighted by Gasteiger charge is 2.24. The van der Waals surface area contributed by atoms with Gasteiger partial charge in [0.05, 0.1) is 6.07 Å². The Bertz CT molecular complexity index is 374. The van der Waals surface area contributed by atoms with E-state index in [0.29, 0.717) is 23.5 Å². The van der Waals surface area contributed by atoms with Gasteiger partial charge in [0.1, 0.15) is 6.23 Å². The van der Waals surface area contributed by atoms with Gasteiger partial charge in [0.25, 0.3) is 0 Å². The molecule has 0 spiro atoms. The van der Waals surface area contributed by atoms with Crippen LogP contribution >= 0.6 is 0 Å². The lowest BCUT2D eigenvalue weighted by Crippen LogP contribution is -2.42. The van der Waals surface area contributed by atoms with Gasteiger partial charge in [0, 0.05) is 6.54 Å². The summed E-state index contributed by atoms with van der Waals surface area (Å²) in [6.07, 6.45) is 2.07. The Labute approximate surface area is 92.9 Å². The fraction of sp³-hybridized carbons (Fsp3) is 0.556. The number of aromatic nitrogens is 2. The van der Waals surface area contributed by atoms with E-state index >= 15 is 0 Å². The number of nitrogens with zero attached hydrogens (tertiary/aromatic N) is 3. The van der Waals surface area contributed by atoms with Crippen LogP contribution in [-0.2, 0) is 0 Å². The molecule has 88 valence electrons. The van der Waals surface area contributed by atoms with E-state index < -0.39 is 6.23 Å². The number of hydrogen-bond donors (Lipinski definition) is 3. The highest BCUT2D eigenvalue weighted by Crippen LogP contribution is 2.22. The number of nitrogens with two attached hydrogens (primary N) is 2. The predicted octanol–water partition coefficient (Wildman–Crippen LogP) is -0.812. The fourth-order valence-corrected chi connectivity index (χ4v) is 1.85. The predicted molar refractivity (Wildman–Crippen MR) is 59.2 cm³/mol. The second-order valence-electron chi connectivity index (χ2n) is 3.86. The zero-order valence-electron chi connectivity index (χ0n) is 8.83. The van der Waals surface area contributed by atoms with Crippen LogP contribution in [0.25, 0.3) is 0 Å². The lowest BCUT2D eigenvalue weighted by molar-refractivity contribution is -0.576. The van der Waals surface area contributed by atoms with Crippen LogP contribution in [0.1, 0.15) is 19.3 Å². The average molecular weight is 225 g/mol. The number of piperidine rings is 1. The van der Waals surface area contributed by atoms with Crippen LogP contribution in [0.4, 0.5) is 17.6 Å². The molecule has 2 rings (SSSR count). The lowest BCUT2D eigenvalue weighted by atomic mass is 10.1. The molecule has 1 fully saturated rings. The molecule has 1 atom stereocenters. The molecule has 1 aromatic heterocycles. The quantitative estimate of drug-likeness (QED) is 0.425. The van der Waals surface area contributed by atoms with E-state index in [-0.39, 0.29) is 11.8 Å². The van der Waals surface area contributed by atoms with E-state index in [9.17, 15) is 10.3 Å². The van der Waals surface area contributed by atoms with Crippen LogP contribution in [0.3, 0.4) is 0 Å². The minimum atomic E-state index is -0.581. The molecular weight excluding hydrogens is 210 g/mol. The molecule has 1 aromatic rings. The minimum absolute atomic E-state index is 0.0136. The van der Waals surface area contributed by atoms with Crippen LogP contribution in [0, 0.1) is 5.21 Å². The van der Waals surface area contributed by atoms with Gasteiger partial charge >= 0.3 is 5.95 Å². The standard InChI is InChI=1S/C9H15N5O2/c10-6-5-7(12-9(11)14(6)16)13-4-2-1-3-8(13)15/h5,8,15H,1-4,10H2,(H2,11,12). The highest BCUT2D eigenvalue weighted by molar-refractivity contribution is 5.47. The van der Waals surface area contributed by atoms with E-state index in [2.05, 4.69) is 4.98 Å². The van der Waals surface area contributed by atoms with Crippen LogP contribution in [-0.4, -0.2) is 22.9 Å². The summed E-state index contributed by atoms with van der Waals surface area (Å²) in [6, 6.07) is 1.43. The first-order valence-corrected chi connectivity index (χ1v) is 5.20. The molecule has 7 nitrogen and oxygen atoms in total. The molecule has 1 saturated heterocycles. The number of hydrogen-bond acceptors (Lipinski definition) is 6. The molecule has 0 amide bonds. The first-order valence-electron chi connectivity index (χ1n) is 5.20. The van der Waals surface area contributed by atoms with E-state index in [1.54, 1.807) is 4.90 Å². The molecule has 2 heterocycles. The first kappa shape index (κ1) is 10.7. The Balaban J connectivity index is 2.32. The molecule has 0 bridgehead atoms. The maximum Gasteiger partial charge on any atom is 0.346 e. The van der Waals surface area contributed by atoms with Gasteiger partial charge < -0.3 is 26.7 Å². The molecule has 0 aliphatic carbocycles. The summed E-state index contributed by atoms with van der Waals surface area (Å²) in [5.74, 6) is 0.238. The van der Waals surface area contributed by atoms with Gasteiger partial charge in [-0.05, 0) is 19.3 Å². The first-order chi connectivity index (χ1) is 7.59. The third kappa shape index (κ3) is 1.81. The topological polar surface area (TPSA) is 115 Å².